The molecule has 4 saturated heterocycles. The summed E-state index contributed by atoms with van der Waals surface area (Å²) in [6, 6.07) is 0.324. The van der Waals surface area contributed by atoms with Crippen LogP contribution in [0.3, 0.4) is 0 Å². The van der Waals surface area contributed by atoms with Gasteiger partial charge in [0.05, 0.1) is 18.6 Å². The number of carbonyl (C=O) groups is 1. The summed E-state index contributed by atoms with van der Waals surface area (Å²) >= 11 is 0. The number of carbonyl (C=O) groups excluding carboxylic acids is 1. The molecular weight excluding hydrogens is 402 g/mol. The van der Waals surface area contributed by atoms with E-state index in [4.69, 9.17) is 9.73 Å². The van der Waals surface area contributed by atoms with E-state index in [1.165, 1.54) is 38.8 Å². The summed E-state index contributed by atoms with van der Waals surface area (Å²) in [4.78, 5) is 29.2. The van der Waals surface area contributed by atoms with Crippen LogP contribution >= 0.6 is 0 Å². The fourth-order valence-corrected chi connectivity index (χ4v) is 6.17. The number of rotatable bonds is 5. The van der Waals surface area contributed by atoms with Gasteiger partial charge in [0.15, 0.2) is 0 Å². The number of fused-ring (bicyclic) bond motifs is 3. The van der Waals surface area contributed by atoms with E-state index in [9.17, 15) is 4.79 Å². The lowest BCUT2D eigenvalue weighted by atomic mass is 9.94. The van der Waals surface area contributed by atoms with E-state index in [1.54, 1.807) is 0 Å². The second-order valence-electron chi connectivity index (χ2n) is 11.1. The Morgan fingerprint density at radius 2 is 1.69 bits per heavy atom. The van der Waals surface area contributed by atoms with Gasteiger partial charge in [-0.15, -0.1) is 0 Å². The van der Waals surface area contributed by atoms with E-state index >= 15 is 0 Å². The maximum atomic E-state index is 12.8. The van der Waals surface area contributed by atoms with Crippen molar-refractivity contribution in [3.05, 3.63) is 11.4 Å². The van der Waals surface area contributed by atoms with Crippen molar-refractivity contribution in [2.24, 2.45) is 9.98 Å². The van der Waals surface area contributed by atoms with Crippen LogP contribution in [0.4, 0.5) is 4.79 Å². The Morgan fingerprint density at radius 1 is 1.09 bits per heavy atom. The molecule has 0 saturated carbocycles. The monoisotopic (exact) mass is 443 g/mol. The summed E-state index contributed by atoms with van der Waals surface area (Å²) in [5.74, 6) is 0.916. The predicted molar refractivity (Wildman–Crippen MR) is 129 cm³/mol. The molecule has 0 spiro atoms. The van der Waals surface area contributed by atoms with Gasteiger partial charge < -0.3 is 9.64 Å². The molecule has 2 unspecified atom stereocenters. The summed E-state index contributed by atoms with van der Waals surface area (Å²) in [6.45, 7) is 18.8. The number of allylic oxidation sites excluding steroid dienone is 1. The molecule has 0 aromatic rings. The fraction of sp³-hybridized carbons (Fsp3) is 0.800. The first-order chi connectivity index (χ1) is 15.1. The summed E-state index contributed by atoms with van der Waals surface area (Å²) in [6.07, 6.45) is 6.98. The first-order valence-electron chi connectivity index (χ1n) is 12.3. The average Bonchev–Trinajstić information content (AvgIpc) is 3.36. The van der Waals surface area contributed by atoms with Gasteiger partial charge >= 0.3 is 6.09 Å². The third-order valence-corrected chi connectivity index (χ3v) is 7.84. The molecule has 0 radical (unpaired) electrons. The SMILES string of the molecule is C=N/C(=C(/C)C(C)=NCC12CCCN1CCC2)N1CC2CCC(C1)N2C(=O)OC(C)(C)C. The van der Waals surface area contributed by atoms with Gasteiger partial charge in [-0.05, 0) is 93.0 Å². The highest BCUT2D eigenvalue weighted by Gasteiger charge is 2.45. The Bertz CT molecular complexity index is 788. The second-order valence-corrected chi connectivity index (χ2v) is 11.1. The zero-order valence-corrected chi connectivity index (χ0v) is 20.7. The van der Waals surface area contributed by atoms with Crippen molar-refractivity contribution in [2.45, 2.75) is 96.4 Å². The van der Waals surface area contributed by atoms with Gasteiger partial charge in [-0.2, -0.15) is 0 Å². The van der Waals surface area contributed by atoms with Gasteiger partial charge in [0.25, 0.3) is 0 Å². The van der Waals surface area contributed by atoms with Crippen LogP contribution in [0.2, 0.25) is 0 Å². The molecule has 4 aliphatic heterocycles. The highest BCUT2D eigenvalue weighted by molar-refractivity contribution is 5.98. The molecule has 0 aromatic heterocycles. The van der Waals surface area contributed by atoms with Crippen LogP contribution in [-0.4, -0.2) is 89.2 Å². The van der Waals surface area contributed by atoms with Crippen molar-refractivity contribution in [3.63, 3.8) is 0 Å². The number of piperazine rings is 1. The molecule has 0 aromatic carbocycles. The first kappa shape index (κ1) is 23.3. The Labute approximate surface area is 193 Å². The van der Waals surface area contributed by atoms with E-state index in [1.807, 2.05) is 25.7 Å². The molecule has 4 aliphatic rings. The van der Waals surface area contributed by atoms with Crippen LogP contribution in [0.25, 0.3) is 0 Å². The fourth-order valence-electron chi connectivity index (χ4n) is 6.17. The molecule has 32 heavy (non-hydrogen) atoms. The molecule has 7 nitrogen and oxygen atoms in total. The van der Waals surface area contributed by atoms with Gasteiger partial charge in [-0.1, -0.05) is 0 Å². The van der Waals surface area contributed by atoms with E-state index < -0.39 is 5.60 Å². The topological polar surface area (TPSA) is 60.7 Å². The summed E-state index contributed by atoms with van der Waals surface area (Å²) < 4.78 is 5.68. The normalized spacial score (nSPS) is 28.6. The zero-order chi connectivity index (χ0) is 23.1. The van der Waals surface area contributed by atoms with Gasteiger partial charge in [-0.25, -0.2) is 9.79 Å². The number of hydrogen-bond acceptors (Lipinski definition) is 6. The van der Waals surface area contributed by atoms with E-state index in [0.717, 1.165) is 49.6 Å². The van der Waals surface area contributed by atoms with E-state index in [0.29, 0.717) is 5.54 Å². The van der Waals surface area contributed by atoms with Crippen LogP contribution < -0.4 is 0 Å². The molecule has 2 bridgehead atoms. The van der Waals surface area contributed by atoms with Crippen LogP contribution in [-0.2, 0) is 4.74 Å². The maximum absolute atomic E-state index is 12.8. The molecule has 4 heterocycles. The van der Waals surface area contributed by atoms with Crippen molar-refractivity contribution in [1.82, 2.24) is 14.7 Å². The van der Waals surface area contributed by atoms with E-state index in [2.05, 4.69) is 35.4 Å². The van der Waals surface area contributed by atoms with Gasteiger partial charge in [-0.3, -0.25) is 14.8 Å². The predicted octanol–water partition coefficient (Wildman–Crippen LogP) is 4.09. The van der Waals surface area contributed by atoms with Crippen molar-refractivity contribution in [3.8, 4) is 0 Å². The maximum Gasteiger partial charge on any atom is 0.410 e. The highest BCUT2D eigenvalue weighted by atomic mass is 16.6. The minimum absolute atomic E-state index is 0.162. The van der Waals surface area contributed by atoms with Gasteiger partial charge in [0, 0.05) is 29.9 Å². The number of aliphatic imine (C=N–C) groups is 2. The van der Waals surface area contributed by atoms with Gasteiger partial charge in [0.2, 0.25) is 0 Å². The molecule has 2 atom stereocenters. The Hall–Kier alpha value is -1.89. The third kappa shape index (κ3) is 4.45. The van der Waals surface area contributed by atoms with Crippen LogP contribution in [0.15, 0.2) is 21.4 Å². The Morgan fingerprint density at radius 3 is 2.22 bits per heavy atom. The number of hydrogen-bond donors (Lipinski definition) is 0. The quantitative estimate of drug-likeness (QED) is 0.601. The van der Waals surface area contributed by atoms with Crippen molar-refractivity contribution >= 4 is 18.5 Å². The molecular formula is C25H41N5O2. The standard InChI is InChI=1S/C25H41N5O2/c1-18(19(2)27-17-25-11-7-13-29(25)14-8-12-25)22(26-6)28-15-20-9-10-21(16-28)30(20)23(31)32-24(3,4)5/h20-21H,6-17H2,1-5H3/b22-18+,27-19?. The van der Waals surface area contributed by atoms with Crippen molar-refractivity contribution in [1.29, 1.82) is 0 Å². The number of amides is 1. The summed E-state index contributed by atoms with van der Waals surface area (Å²) in [5, 5.41) is 0. The second kappa shape index (κ2) is 8.81. The Balaban J connectivity index is 1.46. The lowest BCUT2D eigenvalue weighted by Crippen LogP contribution is -2.56. The molecule has 4 fully saturated rings. The number of ether oxygens (including phenoxy) is 1. The number of likely N-dealkylation sites (tertiary alicyclic amines) is 1. The molecule has 7 heteroatoms. The molecule has 0 aliphatic carbocycles. The third-order valence-electron chi connectivity index (χ3n) is 7.84. The largest absolute Gasteiger partial charge is 0.444 e. The van der Waals surface area contributed by atoms with Crippen LogP contribution in [0.5, 0.6) is 0 Å². The lowest BCUT2D eigenvalue weighted by molar-refractivity contribution is -0.000527. The van der Waals surface area contributed by atoms with E-state index in [-0.39, 0.29) is 18.2 Å². The average molecular weight is 444 g/mol. The van der Waals surface area contributed by atoms with Crippen molar-refractivity contribution in [2.75, 3.05) is 32.7 Å². The summed E-state index contributed by atoms with van der Waals surface area (Å²) in [7, 11) is 0. The number of nitrogens with zero attached hydrogens (tertiary/aromatic N) is 5. The molecule has 1 amide bonds. The summed E-state index contributed by atoms with van der Waals surface area (Å²) in [5.41, 5.74) is 1.98. The molecule has 0 N–H and O–H groups in total. The highest BCUT2D eigenvalue weighted by Crippen LogP contribution is 2.39. The zero-order valence-electron chi connectivity index (χ0n) is 20.7. The minimum Gasteiger partial charge on any atom is -0.444 e. The van der Waals surface area contributed by atoms with Crippen LogP contribution in [0.1, 0.15) is 73.1 Å². The Kier molecular flexibility index (Phi) is 6.40. The lowest BCUT2D eigenvalue weighted by Gasteiger charge is -2.42. The molecule has 178 valence electrons. The first-order valence-corrected chi connectivity index (χ1v) is 12.3. The van der Waals surface area contributed by atoms with Gasteiger partial charge in [0.1, 0.15) is 11.4 Å². The molecule has 4 rings (SSSR count). The minimum atomic E-state index is -0.473. The smallest absolute Gasteiger partial charge is 0.410 e. The van der Waals surface area contributed by atoms with Crippen molar-refractivity contribution < 1.29 is 9.53 Å². The van der Waals surface area contributed by atoms with Crippen LogP contribution in [0, 0.1) is 0 Å².